The molecule has 38 heavy (non-hydrogen) atoms. The van der Waals surface area contributed by atoms with Gasteiger partial charge in [0.1, 0.15) is 11.6 Å². The summed E-state index contributed by atoms with van der Waals surface area (Å²) < 4.78 is 9.77. The second kappa shape index (κ2) is 9.95. The minimum atomic E-state index is -0.260. The quantitative estimate of drug-likeness (QED) is 0.412. The number of nitrogens with two attached hydrogens (primary N) is 1. The predicted octanol–water partition coefficient (Wildman–Crippen LogP) is 1.98. The van der Waals surface area contributed by atoms with Crippen molar-refractivity contribution in [3.8, 4) is 5.95 Å². The average Bonchev–Trinajstić information content (AvgIpc) is 3.44. The van der Waals surface area contributed by atoms with Crippen molar-refractivity contribution in [2.75, 3.05) is 44.3 Å². The van der Waals surface area contributed by atoms with E-state index in [0.29, 0.717) is 25.1 Å². The number of rotatable bonds is 6. The molecule has 2 saturated heterocycles. The van der Waals surface area contributed by atoms with Gasteiger partial charge in [-0.1, -0.05) is 12.1 Å². The summed E-state index contributed by atoms with van der Waals surface area (Å²) in [6.07, 6.45) is 2.87. The number of ether oxygens (including phenoxy) is 1. The highest BCUT2D eigenvalue weighted by Gasteiger charge is 2.28. The fourth-order valence-electron chi connectivity index (χ4n) is 5.74. The Kier molecular flexibility index (Phi) is 6.48. The van der Waals surface area contributed by atoms with Gasteiger partial charge >= 0.3 is 0 Å². The van der Waals surface area contributed by atoms with Crippen LogP contribution in [-0.2, 0) is 23.0 Å². The van der Waals surface area contributed by atoms with Crippen LogP contribution >= 0.6 is 0 Å². The van der Waals surface area contributed by atoms with Gasteiger partial charge in [-0.2, -0.15) is 9.97 Å². The van der Waals surface area contributed by atoms with Crippen LogP contribution < -0.4 is 10.6 Å². The highest BCUT2D eigenvalue weighted by molar-refractivity contribution is 5.86. The summed E-state index contributed by atoms with van der Waals surface area (Å²) in [6.45, 7) is 8.47. The standard InChI is InChI=1S/C27H35N9O2/c1-17(24(28)37)34-10-8-19(9-11-34)16-22-30-23-25(33(22)3)31-27(32-26(23)35-12-14-38-15-13-35)36-18(2)29-20-6-4-5-7-21(20)36/h4-7,17,19H,8-16H2,1-3H3,(H2,28,37). The monoisotopic (exact) mass is 517 g/mol. The number of primary amides is 1. The van der Waals surface area contributed by atoms with E-state index in [1.165, 1.54) is 0 Å². The molecular formula is C27H35N9O2. The number of aryl methyl sites for hydroxylation is 2. The van der Waals surface area contributed by atoms with Gasteiger partial charge in [0.2, 0.25) is 11.9 Å². The molecule has 1 unspecified atom stereocenters. The number of amides is 1. The van der Waals surface area contributed by atoms with Crippen molar-refractivity contribution in [1.82, 2.24) is 34.0 Å². The Morgan fingerprint density at radius 1 is 1.08 bits per heavy atom. The fourth-order valence-corrected chi connectivity index (χ4v) is 5.74. The minimum Gasteiger partial charge on any atom is -0.378 e. The van der Waals surface area contributed by atoms with Crippen LogP contribution in [0.1, 0.15) is 31.4 Å². The Labute approximate surface area is 221 Å². The topological polar surface area (TPSA) is 120 Å². The summed E-state index contributed by atoms with van der Waals surface area (Å²) in [5, 5.41) is 0. The van der Waals surface area contributed by atoms with Gasteiger partial charge in [0, 0.05) is 26.6 Å². The maximum atomic E-state index is 11.6. The molecule has 0 aliphatic carbocycles. The molecule has 6 rings (SSSR count). The van der Waals surface area contributed by atoms with Crippen LogP contribution in [0.25, 0.3) is 28.1 Å². The molecule has 4 aromatic rings. The second-order valence-electron chi connectivity index (χ2n) is 10.5. The van der Waals surface area contributed by atoms with Crippen LogP contribution in [0.15, 0.2) is 24.3 Å². The van der Waals surface area contributed by atoms with E-state index in [9.17, 15) is 4.79 Å². The molecule has 1 atom stereocenters. The third-order valence-electron chi connectivity index (χ3n) is 8.10. The largest absolute Gasteiger partial charge is 0.378 e. The number of morpholine rings is 1. The summed E-state index contributed by atoms with van der Waals surface area (Å²) >= 11 is 0. The number of para-hydroxylation sites is 2. The number of carbonyl (C=O) groups is 1. The summed E-state index contributed by atoms with van der Waals surface area (Å²) in [5.41, 5.74) is 9.08. The van der Waals surface area contributed by atoms with Crippen molar-refractivity contribution >= 4 is 33.9 Å². The molecule has 2 fully saturated rings. The molecule has 0 spiro atoms. The maximum absolute atomic E-state index is 11.6. The van der Waals surface area contributed by atoms with Gasteiger partial charge in [-0.3, -0.25) is 14.3 Å². The van der Waals surface area contributed by atoms with E-state index in [4.69, 9.17) is 30.4 Å². The molecule has 2 aliphatic rings. The molecule has 0 saturated carbocycles. The Balaban J connectivity index is 1.38. The van der Waals surface area contributed by atoms with Gasteiger partial charge in [-0.15, -0.1) is 0 Å². The lowest BCUT2D eigenvalue weighted by Gasteiger charge is -2.34. The molecule has 11 nitrogen and oxygen atoms in total. The normalized spacial score (nSPS) is 18.4. The van der Waals surface area contributed by atoms with Crippen molar-refractivity contribution in [2.45, 2.75) is 39.2 Å². The lowest BCUT2D eigenvalue weighted by Crippen LogP contribution is -2.46. The van der Waals surface area contributed by atoms with Crippen LogP contribution in [0.2, 0.25) is 0 Å². The SMILES string of the molecule is Cc1nc2ccccc2n1-c1nc(N2CCOCC2)c2nc(CC3CCN(C(C)C(N)=O)CC3)n(C)c2n1. The number of anilines is 1. The van der Waals surface area contributed by atoms with Crippen LogP contribution in [0.5, 0.6) is 0 Å². The number of aromatic nitrogens is 6. The minimum absolute atomic E-state index is 0.223. The predicted molar refractivity (Wildman–Crippen MR) is 145 cm³/mol. The summed E-state index contributed by atoms with van der Waals surface area (Å²) in [4.78, 5) is 36.0. The summed E-state index contributed by atoms with van der Waals surface area (Å²) in [5.74, 6) is 3.53. The van der Waals surface area contributed by atoms with E-state index in [1.807, 2.05) is 43.7 Å². The fraction of sp³-hybridized carbons (Fsp3) is 0.519. The zero-order valence-corrected chi connectivity index (χ0v) is 22.3. The van der Waals surface area contributed by atoms with Gasteiger partial charge in [-0.25, -0.2) is 9.97 Å². The third kappa shape index (κ3) is 4.39. The number of piperidine rings is 1. The molecule has 1 amide bonds. The Bertz CT molecular complexity index is 1480. The van der Waals surface area contributed by atoms with Crippen LogP contribution in [0.3, 0.4) is 0 Å². The molecule has 1 aromatic carbocycles. The summed E-state index contributed by atoms with van der Waals surface area (Å²) in [7, 11) is 2.05. The molecule has 0 radical (unpaired) electrons. The average molecular weight is 518 g/mol. The number of fused-ring (bicyclic) bond motifs is 2. The van der Waals surface area contributed by atoms with Crippen molar-refractivity contribution < 1.29 is 9.53 Å². The summed E-state index contributed by atoms with van der Waals surface area (Å²) in [6, 6.07) is 7.85. The lowest BCUT2D eigenvalue weighted by molar-refractivity contribution is -0.123. The number of hydrogen-bond donors (Lipinski definition) is 1. The third-order valence-corrected chi connectivity index (χ3v) is 8.10. The van der Waals surface area contributed by atoms with Crippen molar-refractivity contribution in [3.63, 3.8) is 0 Å². The second-order valence-corrected chi connectivity index (χ2v) is 10.5. The van der Waals surface area contributed by atoms with Crippen LogP contribution in [-0.4, -0.2) is 85.3 Å². The zero-order valence-electron chi connectivity index (χ0n) is 22.3. The lowest BCUT2D eigenvalue weighted by atomic mass is 9.92. The molecular weight excluding hydrogens is 482 g/mol. The smallest absolute Gasteiger partial charge is 0.239 e. The van der Waals surface area contributed by atoms with E-state index in [2.05, 4.69) is 20.4 Å². The zero-order chi connectivity index (χ0) is 26.4. The van der Waals surface area contributed by atoms with E-state index >= 15 is 0 Å². The van der Waals surface area contributed by atoms with E-state index in [1.54, 1.807) is 0 Å². The number of imidazole rings is 2. The first-order chi connectivity index (χ1) is 18.4. The van der Waals surface area contributed by atoms with Gasteiger partial charge in [-0.05, 0) is 57.8 Å². The number of carbonyl (C=O) groups excluding carboxylic acids is 1. The highest BCUT2D eigenvalue weighted by Crippen LogP contribution is 2.30. The number of benzene rings is 1. The molecule has 0 bridgehead atoms. The van der Waals surface area contributed by atoms with Gasteiger partial charge in [0.25, 0.3) is 0 Å². The Morgan fingerprint density at radius 3 is 2.55 bits per heavy atom. The van der Waals surface area contributed by atoms with Gasteiger partial charge in [0.15, 0.2) is 17.0 Å². The Morgan fingerprint density at radius 2 is 1.82 bits per heavy atom. The Hall–Kier alpha value is -3.57. The van der Waals surface area contributed by atoms with Gasteiger partial charge < -0.3 is 19.9 Å². The van der Waals surface area contributed by atoms with Crippen LogP contribution in [0.4, 0.5) is 5.82 Å². The first-order valence-electron chi connectivity index (χ1n) is 13.4. The number of likely N-dealkylation sites (tertiary alicyclic amines) is 1. The molecule has 2 N–H and O–H groups in total. The van der Waals surface area contributed by atoms with E-state index in [0.717, 1.165) is 85.1 Å². The molecule has 2 aliphatic heterocycles. The molecule has 3 aromatic heterocycles. The molecule has 11 heteroatoms. The van der Waals surface area contributed by atoms with Crippen molar-refractivity contribution in [1.29, 1.82) is 0 Å². The molecule has 200 valence electrons. The van der Waals surface area contributed by atoms with Crippen LogP contribution in [0, 0.1) is 12.8 Å². The number of nitrogens with zero attached hydrogens (tertiary/aromatic N) is 8. The first kappa shape index (κ1) is 24.7. The highest BCUT2D eigenvalue weighted by atomic mass is 16.5. The van der Waals surface area contributed by atoms with E-state index in [-0.39, 0.29) is 11.9 Å². The first-order valence-corrected chi connectivity index (χ1v) is 13.4. The van der Waals surface area contributed by atoms with Gasteiger partial charge in [0.05, 0.1) is 30.3 Å². The van der Waals surface area contributed by atoms with Crippen molar-refractivity contribution in [2.24, 2.45) is 18.7 Å². The molecule has 5 heterocycles. The number of hydrogen-bond acceptors (Lipinski definition) is 8. The maximum Gasteiger partial charge on any atom is 0.239 e. The van der Waals surface area contributed by atoms with E-state index < -0.39 is 0 Å². The van der Waals surface area contributed by atoms with Crippen molar-refractivity contribution in [3.05, 3.63) is 35.9 Å².